The van der Waals surface area contributed by atoms with Crippen molar-refractivity contribution in [1.29, 1.82) is 0 Å². The van der Waals surface area contributed by atoms with Crippen molar-refractivity contribution in [3.05, 3.63) is 59.7 Å². The molecule has 0 unspecified atom stereocenters. The minimum Gasteiger partial charge on any atom is -0.326 e. The highest BCUT2D eigenvalue weighted by atomic mass is 19.2. The number of aryl methyl sites for hydroxylation is 1. The lowest BCUT2D eigenvalue weighted by molar-refractivity contribution is -0.117. The van der Waals surface area contributed by atoms with Gasteiger partial charge in [0.05, 0.1) is 0 Å². The highest BCUT2D eigenvalue weighted by molar-refractivity contribution is 5.94. The van der Waals surface area contributed by atoms with Gasteiger partial charge in [0, 0.05) is 37.3 Å². The Kier molecular flexibility index (Phi) is 6.22. The average molecular weight is 346 g/mol. The van der Waals surface area contributed by atoms with Gasteiger partial charge in [0.1, 0.15) is 0 Å². The molecule has 0 aliphatic carbocycles. The smallest absolute Gasteiger partial charge is 0.226 e. The number of rotatable bonds is 6. The average Bonchev–Trinajstić information content (AvgIpc) is 2.58. The second kappa shape index (κ2) is 8.37. The summed E-state index contributed by atoms with van der Waals surface area (Å²) in [6.45, 7) is 3.42. The molecule has 0 radical (unpaired) electrons. The van der Waals surface area contributed by atoms with Gasteiger partial charge in [-0.15, -0.1) is 0 Å². The number of nitrogens with one attached hydrogen (secondary N) is 1. The lowest BCUT2D eigenvalue weighted by Crippen LogP contribution is -2.32. The van der Waals surface area contributed by atoms with E-state index in [9.17, 15) is 18.4 Å². The molecule has 0 aliphatic rings. The van der Waals surface area contributed by atoms with E-state index >= 15 is 0 Å². The van der Waals surface area contributed by atoms with Gasteiger partial charge in [0.15, 0.2) is 11.6 Å². The largest absolute Gasteiger partial charge is 0.326 e. The van der Waals surface area contributed by atoms with Crippen molar-refractivity contribution >= 4 is 23.2 Å². The first-order valence-electron chi connectivity index (χ1n) is 8.02. The van der Waals surface area contributed by atoms with Gasteiger partial charge >= 0.3 is 0 Å². The summed E-state index contributed by atoms with van der Waals surface area (Å²) in [6.07, 6.45) is 0.949. The number of anilines is 2. The number of halogens is 2. The van der Waals surface area contributed by atoms with Crippen LogP contribution in [0.4, 0.5) is 20.2 Å². The Morgan fingerprint density at radius 2 is 1.72 bits per heavy atom. The van der Waals surface area contributed by atoms with E-state index in [1.165, 1.54) is 23.5 Å². The molecule has 132 valence electrons. The van der Waals surface area contributed by atoms with Crippen LogP contribution in [0.1, 0.15) is 25.8 Å². The Labute approximate surface area is 145 Å². The SMILES string of the molecule is CCc1ccc(NC(=O)CCN(C(C)=O)c2ccc(F)c(F)c2)cc1. The van der Waals surface area contributed by atoms with Crippen LogP contribution < -0.4 is 10.2 Å². The molecule has 0 aromatic heterocycles. The molecule has 2 rings (SSSR count). The number of carbonyl (C=O) groups is 2. The summed E-state index contributed by atoms with van der Waals surface area (Å²) in [5.74, 6) is -2.64. The summed E-state index contributed by atoms with van der Waals surface area (Å²) < 4.78 is 26.4. The van der Waals surface area contributed by atoms with Gasteiger partial charge in [-0.2, -0.15) is 0 Å². The molecular weight excluding hydrogens is 326 g/mol. The van der Waals surface area contributed by atoms with E-state index in [4.69, 9.17) is 0 Å². The lowest BCUT2D eigenvalue weighted by Gasteiger charge is -2.21. The summed E-state index contributed by atoms with van der Waals surface area (Å²) in [4.78, 5) is 25.1. The van der Waals surface area contributed by atoms with Gasteiger partial charge in [-0.3, -0.25) is 9.59 Å². The molecule has 4 nitrogen and oxygen atoms in total. The van der Waals surface area contributed by atoms with Crippen LogP contribution in [0, 0.1) is 11.6 Å². The molecule has 25 heavy (non-hydrogen) atoms. The van der Waals surface area contributed by atoms with Gasteiger partial charge < -0.3 is 10.2 Å². The van der Waals surface area contributed by atoms with E-state index in [2.05, 4.69) is 5.32 Å². The zero-order chi connectivity index (χ0) is 18.4. The molecule has 0 saturated carbocycles. The molecular formula is C19H20F2N2O2. The van der Waals surface area contributed by atoms with E-state index in [0.29, 0.717) is 5.69 Å². The topological polar surface area (TPSA) is 49.4 Å². The van der Waals surface area contributed by atoms with E-state index < -0.39 is 11.6 Å². The van der Waals surface area contributed by atoms with Gasteiger partial charge in [-0.25, -0.2) is 8.78 Å². The Morgan fingerprint density at radius 3 is 2.28 bits per heavy atom. The Balaban J connectivity index is 1.99. The van der Waals surface area contributed by atoms with E-state index in [0.717, 1.165) is 18.6 Å². The van der Waals surface area contributed by atoms with Crippen LogP contribution in [0.5, 0.6) is 0 Å². The van der Waals surface area contributed by atoms with Crippen molar-refractivity contribution < 1.29 is 18.4 Å². The highest BCUT2D eigenvalue weighted by Crippen LogP contribution is 2.19. The number of carbonyl (C=O) groups excluding carboxylic acids is 2. The predicted molar refractivity (Wildman–Crippen MR) is 93.5 cm³/mol. The molecule has 0 bridgehead atoms. The number of nitrogens with zero attached hydrogens (tertiary/aromatic N) is 1. The van der Waals surface area contributed by atoms with Crippen LogP contribution in [-0.2, 0) is 16.0 Å². The van der Waals surface area contributed by atoms with Crippen LogP contribution in [-0.4, -0.2) is 18.4 Å². The number of benzene rings is 2. The third-order valence-electron chi connectivity index (χ3n) is 3.80. The first-order valence-corrected chi connectivity index (χ1v) is 8.02. The third-order valence-corrected chi connectivity index (χ3v) is 3.80. The van der Waals surface area contributed by atoms with Gasteiger partial charge in [-0.05, 0) is 36.2 Å². The summed E-state index contributed by atoms with van der Waals surface area (Å²) >= 11 is 0. The molecule has 6 heteroatoms. The van der Waals surface area contributed by atoms with Crippen LogP contribution in [0.2, 0.25) is 0 Å². The van der Waals surface area contributed by atoms with Crippen molar-refractivity contribution in [2.45, 2.75) is 26.7 Å². The Morgan fingerprint density at radius 1 is 1.04 bits per heavy atom. The number of amides is 2. The fraction of sp³-hybridized carbons (Fsp3) is 0.263. The maximum atomic E-state index is 13.4. The fourth-order valence-electron chi connectivity index (χ4n) is 2.38. The fourth-order valence-corrected chi connectivity index (χ4v) is 2.38. The summed E-state index contributed by atoms with van der Waals surface area (Å²) in [6, 6.07) is 10.7. The molecule has 0 fully saturated rings. The predicted octanol–water partition coefficient (Wildman–Crippen LogP) is 3.91. The standard InChI is InChI=1S/C19H20F2N2O2/c1-3-14-4-6-15(7-5-14)22-19(25)10-11-23(13(2)24)16-8-9-17(20)18(21)12-16/h4-9,12H,3,10-11H2,1-2H3,(H,22,25). The zero-order valence-electron chi connectivity index (χ0n) is 14.2. The molecule has 0 aliphatic heterocycles. The Hall–Kier alpha value is -2.76. The van der Waals surface area contributed by atoms with Crippen molar-refractivity contribution in [2.24, 2.45) is 0 Å². The van der Waals surface area contributed by atoms with Gasteiger partial charge in [0.2, 0.25) is 11.8 Å². The van der Waals surface area contributed by atoms with E-state index in [1.54, 1.807) is 0 Å². The van der Waals surface area contributed by atoms with Crippen molar-refractivity contribution in [3.63, 3.8) is 0 Å². The molecule has 1 N–H and O–H groups in total. The maximum Gasteiger partial charge on any atom is 0.226 e. The van der Waals surface area contributed by atoms with Crippen molar-refractivity contribution in [2.75, 3.05) is 16.8 Å². The van der Waals surface area contributed by atoms with E-state index in [1.807, 2.05) is 31.2 Å². The quantitative estimate of drug-likeness (QED) is 0.862. The monoisotopic (exact) mass is 346 g/mol. The number of hydrogen-bond donors (Lipinski definition) is 1. The van der Waals surface area contributed by atoms with Crippen LogP contribution in [0.15, 0.2) is 42.5 Å². The molecule has 0 spiro atoms. The normalized spacial score (nSPS) is 10.4. The lowest BCUT2D eigenvalue weighted by atomic mass is 10.1. The first kappa shape index (κ1) is 18.6. The summed E-state index contributed by atoms with van der Waals surface area (Å²) in [7, 11) is 0. The molecule has 2 amide bonds. The number of hydrogen-bond acceptors (Lipinski definition) is 2. The van der Waals surface area contributed by atoms with E-state index in [-0.39, 0.29) is 30.5 Å². The molecule has 2 aromatic carbocycles. The van der Waals surface area contributed by atoms with Crippen LogP contribution >= 0.6 is 0 Å². The highest BCUT2D eigenvalue weighted by Gasteiger charge is 2.15. The minimum atomic E-state index is -1.04. The van der Waals surface area contributed by atoms with Gasteiger partial charge in [0.25, 0.3) is 0 Å². The van der Waals surface area contributed by atoms with Crippen molar-refractivity contribution in [1.82, 2.24) is 0 Å². The van der Waals surface area contributed by atoms with Crippen molar-refractivity contribution in [3.8, 4) is 0 Å². The second-order valence-corrected chi connectivity index (χ2v) is 5.62. The first-order chi connectivity index (χ1) is 11.9. The summed E-state index contributed by atoms with van der Waals surface area (Å²) in [5.41, 5.74) is 2.05. The summed E-state index contributed by atoms with van der Waals surface area (Å²) in [5, 5.41) is 2.75. The van der Waals surface area contributed by atoms with Crippen LogP contribution in [0.25, 0.3) is 0 Å². The zero-order valence-corrected chi connectivity index (χ0v) is 14.2. The third kappa shape index (κ3) is 5.11. The van der Waals surface area contributed by atoms with Crippen LogP contribution in [0.3, 0.4) is 0 Å². The Bertz CT molecular complexity index is 761. The second-order valence-electron chi connectivity index (χ2n) is 5.62. The minimum absolute atomic E-state index is 0.0358. The molecule has 0 saturated heterocycles. The molecule has 2 aromatic rings. The molecule has 0 atom stereocenters. The van der Waals surface area contributed by atoms with Gasteiger partial charge in [-0.1, -0.05) is 19.1 Å². The maximum absolute atomic E-state index is 13.4. The molecule has 0 heterocycles.